The molecule has 1 fully saturated rings. The monoisotopic (exact) mass is 420 g/mol. The van der Waals surface area contributed by atoms with Crippen LogP contribution in [0.25, 0.3) is 0 Å². The van der Waals surface area contributed by atoms with Gasteiger partial charge in [0.2, 0.25) is 0 Å². The van der Waals surface area contributed by atoms with Crippen molar-refractivity contribution in [2.45, 2.75) is 38.0 Å². The van der Waals surface area contributed by atoms with Gasteiger partial charge in [-0.2, -0.15) is 0 Å². The predicted octanol–water partition coefficient (Wildman–Crippen LogP) is 1.93. The Morgan fingerprint density at radius 2 is 1.97 bits per heavy atom. The first-order valence-electron chi connectivity index (χ1n) is 11.0. The van der Waals surface area contributed by atoms with Crippen molar-refractivity contribution in [3.63, 3.8) is 0 Å². The molecule has 0 radical (unpaired) electrons. The second-order valence-corrected chi connectivity index (χ2v) is 8.56. The van der Waals surface area contributed by atoms with E-state index in [1.54, 1.807) is 6.07 Å². The van der Waals surface area contributed by atoms with Gasteiger partial charge < -0.3 is 28.7 Å². The number of benzene rings is 1. The quantitative estimate of drug-likeness (QED) is 0.662. The third kappa shape index (κ3) is 3.59. The Labute approximate surface area is 180 Å². The number of furan rings is 1. The number of amides is 1. The van der Waals surface area contributed by atoms with Crippen LogP contribution >= 0.6 is 0 Å². The Hall–Kier alpha value is -3.19. The minimum atomic E-state index is -0.111. The van der Waals surface area contributed by atoms with Crippen LogP contribution in [0.5, 0.6) is 11.5 Å². The zero-order valence-corrected chi connectivity index (χ0v) is 17.3. The number of hydrogen-bond donors (Lipinski definition) is 2. The standard InChI is InChI=1S/C24H25N3O4/c28-24(25-17-4-5-17)21-8-6-18(31-21)15-27-11-10-26-9-1-2-19(26)23(27)16-3-7-20-22(14-16)30-13-12-29-20/h1-3,6-9,14,17,23H,4-5,10-13,15H2,(H,25,28)/p+1/t23-/m1/s1. The van der Waals surface area contributed by atoms with Gasteiger partial charge in [-0.05, 0) is 55.3 Å². The molecule has 2 aliphatic heterocycles. The van der Waals surface area contributed by atoms with Crippen LogP contribution in [0.3, 0.4) is 0 Å². The number of nitrogens with one attached hydrogen (secondary N) is 2. The van der Waals surface area contributed by atoms with E-state index in [-0.39, 0.29) is 11.9 Å². The second-order valence-electron chi connectivity index (χ2n) is 8.56. The Bertz CT molecular complexity index is 1110. The van der Waals surface area contributed by atoms with Crippen LogP contribution in [0, 0.1) is 0 Å². The lowest BCUT2D eigenvalue weighted by atomic mass is 9.99. The van der Waals surface area contributed by atoms with Gasteiger partial charge >= 0.3 is 0 Å². The number of hydrogen-bond acceptors (Lipinski definition) is 4. The zero-order valence-electron chi connectivity index (χ0n) is 17.3. The lowest BCUT2D eigenvalue weighted by molar-refractivity contribution is -0.944. The van der Waals surface area contributed by atoms with Gasteiger partial charge in [0.25, 0.3) is 5.91 Å². The molecule has 2 N–H and O–H groups in total. The number of carbonyl (C=O) groups excluding carboxylic acids is 1. The van der Waals surface area contributed by atoms with Crippen LogP contribution in [-0.4, -0.2) is 36.3 Å². The fourth-order valence-electron chi connectivity index (χ4n) is 4.65. The van der Waals surface area contributed by atoms with Crippen LogP contribution in [-0.2, 0) is 13.1 Å². The Balaban J connectivity index is 1.28. The molecule has 1 aromatic carbocycles. The van der Waals surface area contributed by atoms with E-state index in [9.17, 15) is 4.79 Å². The molecule has 3 aromatic rings. The Morgan fingerprint density at radius 1 is 1.10 bits per heavy atom. The third-order valence-electron chi connectivity index (χ3n) is 6.34. The number of fused-ring (bicyclic) bond motifs is 2. The summed E-state index contributed by atoms with van der Waals surface area (Å²) in [7, 11) is 0. The van der Waals surface area contributed by atoms with Crippen molar-refractivity contribution >= 4 is 5.91 Å². The van der Waals surface area contributed by atoms with E-state index in [0.29, 0.717) is 31.6 Å². The lowest BCUT2D eigenvalue weighted by Crippen LogP contribution is -3.12. The predicted molar refractivity (Wildman–Crippen MR) is 112 cm³/mol. The van der Waals surface area contributed by atoms with Gasteiger partial charge in [-0.15, -0.1) is 0 Å². The van der Waals surface area contributed by atoms with E-state index in [2.05, 4.69) is 40.3 Å². The minimum Gasteiger partial charge on any atom is -0.486 e. The van der Waals surface area contributed by atoms with E-state index in [0.717, 1.165) is 43.2 Å². The molecule has 3 aliphatic rings. The average molecular weight is 420 g/mol. The highest BCUT2D eigenvalue weighted by Gasteiger charge is 2.34. The normalized spacial score (nSPS) is 22.1. The van der Waals surface area contributed by atoms with E-state index in [4.69, 9.17) is 13.9 Å². The summed E-state index contributed by atoms with van der Waals surface area (Å²) in [5, 5.41) is 2.99. The van der Waals surface area contributed by atoms with Gasteiger partial charge in [-0.25, -0.2) is 0 Å². The number of ether oxygens (including phenoxy) is 2. The van der Waals surface area contributed by atoms with Gasteiger partial charge in [-0.3, -0.25) is 4.79 Å². The lowest BCUT2D eigenvalue weighted by Gasteiger charge is -2.34. The van der Waals surface area contributed by atoms with Gasteiger partial charge in [0.15, 0.2) is 29.1 Å². The Morgan fingerprint density at radius 3 is 2.84 bits per heavy atom. The number of quaternary nitrogens is 1. The molecular formula is C24H26N3O4+. The Kier molecular flexibility index (Phi) is 4.49. The highest BCUT2D eigenvalue weighted by molar-refractivity contribution is 5.91. The number of aromatic nitrogens is 1. The SMILES string of the molecule is O=C(NC1CC1)c1ccc(C[NH+]2CCn3cccc3[C@H]2c2ccc3c(c2)OCCO3)o1. The van der Waals surface area contributed by atoms with Gasteiger partial charge in [0.1, 0.15) is 19.8 Å². The van der Waals surface area contributed by atoms with E-state index < -0.39 is 0 Å². The molecule has 2 aromatic heterocycles. The molecule has 2 atom stereocenters. The molecule has 1 aliphatic carbocycles. The first-order valence-corrected chi connectivity index (χ1v) is 11.0. The van der Waals surface area contributed by atoms with Crippen LogP contribution < -0.4 is 19.7 Å². The molecule has 1 saturated carbocycles. The molecule has 160 valence electrons. The van der Waals surface area contributed by atoms with Gasteiger partial charge in [0.05, 0.1) is 18.8 Å². The highest BCUT2D eigenvalue weighted by Crippen LogP contribution is 2.34. The maximum Gasteiger partial charge on any atom is 0.287 e. The summed E-state index contributed by atoms with van der Waals surface area (Å²) >= 11 is 0. The van der Waals surface area contributed by atoms with Crippen LogP contribution in [0.1, 0.15) is 46.5 Å². The summed E-state index contributed by atoms with van der Waals surface area (Å²) < 4.78 is 19.8. The summed E-state index contributed by atoms with van der Waals surface area (Å²) in [6.45, 7) is 3.79. The van der Waals surface area contributed by atoms with Crippen LogP contribution in [0.2, 0.25) is 0 Å². The van der Waals surface area contributed by atoms with Crippen molar-refractivity contribution in [3.8, 4) is 11.5 Å². The first kappa shape index (κ1) is 18.6. The molecule has 7 nitrogen and oxygen atoms in total. The minimum absolute atomic E-state index is 0.111. The number of carbonyl (C=O) groups is 1. The number of nitrogens with zero attached hydrogens (tertiary/aromatic N) is 1. The second kappa shape index (κ2) is 7.50. The molecule has 0 saturated heterocycles. The molecule has 0 spiro atoms. The zero-order chi connectivity index (χ0) is 20.8. The van der Waals surface area contributed by atoms with Crippen molar-refractivity contribution < 1.29 is 23.6 Å². The maximum atomic E-state index is 12.3. The summed E-state index contributed by atoms with van der Waals surface area (Å²) in [4.78, 5) is 13.7. The smallest absolute Gasteiger partial charge is 0.287 e. The fraction of sp³-hybridized carbons (Fsp3) is 0.375. The van der Waals surface area contributed by atoms with Crippen molar-refractivity contribution in [1.29, 1.82) is 0 Å². The van der Waals surface area contributed by atoms with Crippen molar-refractivity contribution in [3.05, 3.63) is 71.4 Å². The molecule has 6 rings (SSSR count). The largest absolute Gasteiger partial charge is 0.486 e. The molecule has 1 amide bonds. The molecule has 0 bridgehead atoms. The molecule has 1 unspecified atom stereocenters. The third-order valence-corrected chi connectivity index (χ3v) is 6.34. The van der Waals surface area contributed by atoms with E-state index in [1.807, 2.05) is 12.1 Å². The molecule has 4 heterocycles. The molecular weight excluding hydrogens is 394 g/mol. The molecule has 7 heteroatoms. The van der Waals surface area contributed by atoms with E-state index in [1.165, 1.54) is 16.2 Å². The molecule has 31 heavy (non-hydrogen) atoms. The number of rotatable bonds is 5. The fourth-order valence-corrected chi connectivity index (χ4v) is 4.65. The summed E-state index contributed by atoms with van der Waals surface area (Å²) in [6.07, 6.45) is 4.27. The van der Waals surface area contributed by atoms with E-state index >= 15 is 0 Å². The summed E-state index contributed by atoms with van der Waals surface area (Å²) in [5.41, 5.74) is 2.47. The topological polar surface area (TPSA) is 70.1 Å². The first-order chi connectivity index (χ1) is 15.2. The van der Waals surface area contributed by atoms with Gasteiger partial charge in [0, 0.05) is 17.8 Å². The van der Waals surface area contributed by atoms with Gasteiger partial charge in [-0.1, -0.05) is 0 Å². The van der Waals surface area contributed by atoms with Crippen molar-refractivity contribution in [2.75, 3.05) is 19.8 Å². The highest BCUT2D eigenvalue weighted by atomic mass is 16.6. The van der Waals surface area contributed by atoms with Crippen molar-refractivity contribution in [2.24, 2.45) is 0 Å². The maximum absolute atomic E-state index is 12.3. The summed E-state index contributed by atoms with van der Waals surface area (Å²) in [6, 6.07) is 14.7. The van der Waals surface area contributed by atoms with Crippen molar-refractivity contribution in [1.82, 2.24) is 9.88 Å². The van der Waals surface area contributed by atoms with Crippen LogP contribution in [0.4, 0.5) is 0 Å². The average Bonchev–Trinajstić information content (AvgIpc) is 3.27. The summed E-state index contributed by atoms with van der Waals surface area (Å²) in [5.74, 6) is 2.74. The van der Waals surface area contributed by atoms with Crippen LogP contribution in [0.15, 0.2) is 53.1 Å².